The lowest BCUT2D eigenvalue weighted by atomic mass is 10.1. The molecule has 110 valence electrons. The summed E-state index contributed by atoms with van der Waals surface area (Å²) in [6, 6.07) is 6.57. The highest BCUT2D eigenvalue weighted by Crippen LogP contribution is 2.39. The number of nitrogens with zero attached hydrogens (tertiary/aromatic N) is 1. The number of hydrogen-bond acceptors (Lipinski definition) is 2. The molecule has 0 bridgehead atoms. The molecule has 4 heteroatoms. The minimum absolute atomic E-state index is 0.0772. The summed E-state index contributed by atoms with van der Waals surface area (Å²) in [5, 5.41) is 3.19. The highest BCUT2D eigenvalue weighted by atomic mass is 32.2. The first kappa shape index (κ1) is 15.2. The second kappa shape index (κ2) is 7.02. The second-order valence-electron chi connectivity index (χ2n) is 5.36. The summed E-state index contributed by atoms with van der Waals surface area (Å²) in [6.07, 6.45) is 2.15. The summed E-state index contributed by atoms with van der Waals surface area (Å²) in [5.41, 5.74) is 3.81. The summed E-state index contributed by atoms with van der Waals surface area (Å²) in [7, 11) is 0. The Labute approximate surface area is 126 Å². The van der Waals surface area contributed by atoms with E-state index in [1.165, 1.54) is 16.7 Å². The van der Waals surface area contributed by atoms with Gasteiger partial charge in [0.25, 0.3) is 0 Å². The molecule has 0 radical (unpaired) electrons. The molecule has 0 aromatic heterocycles. The lowest BCUT2D eigenvalue weighted by Crippen LogP contribution is -2.39. The number of carbonyl (C=O) groups is 1. The first-order chi connectivity index (χ1) is 9.63. The molecule has 1 N–H and O–H groups in total. The zero-order valence-electron chi connectivity index (χ0n) is 12.6. The number of urea groups is 1. The Kier molecular flexibility index (Phi) is 5.35. The highest BCUT2D eigenvalue weighted by Gasteiger charge is 2.31. The van der Waals surface area contributed by atoms with Gasteiger partial charge in [-0.25, -0.2) is 4.79 Å². The van der Waals surface area contributed by atoms with E-state index in [0.717, 1.165) is 31.7 Å². The maximum absolute atomic E-state index is 12.3. The molecule has 1 atom stereocenters. The summed E-state index contributed by atoms with van der Waals surface area (Å²) in [5.74, 6) is 1.01. The quantitative estimate of drug-likeness (QED) is 0.855. The van der Waals surface area contributed by atoms with Crippen molar-refractivity contribution in [3.63, 3.8) is 0 Å². The van der Waals surface area contributed by atoms with Crippen molar-refractivity contribution in [3.8, 4) is 0 Å². The van der Waals surface area contributed by atoms with Gasteiger partial charge >= 0.3 is 6.03 Å². The molecule has 1 saturated heterocycles. The molecule has 2 rings (SSSR count). The van der Waals surface area contributed by atoms with E-state index >= 15 is 0 Å². The minimum atomic E-state index is 0.0772. The van der Waals surface area contributed by atoms with Gasteiger partial charge in [0.05, 0.1) is 0 Å². The molecule has 1 heterocycles. The van der Waals surface area contributed by atoms with Gasteiger partial charge in [0.1, 0.15) is 5.37 Å². The van der Waals surface area contributed by atoms with Crippen LogP contribution in [0.5, 0.6) is 0 Å². The van der Waals surface area contributed by atoms with E-state index in [4.69, 9.17) is 0 Å². The maximum atomic E-state index is 12.3. The van der Waals surface area contributed by atoms with E-state index in [9.17, 15) is 4.79 Å². The predicted molar refractivity (Wildman–Crippen MR) is 86.1 cm³/mol. The number of thioether (sulfide) groups is 1. The first-order valence-electron chi connectivity index (χ1n) is 7.36. The average Bonchev–Trinajstić information content (AvgIpc) is 2.88. The number of amides is 2. The number of aryl methyl sites for hydroxylation is 2. The third-order valence-corrected chi connectivity index (χ3v) is 4.89. The lowest BCUT2D eigenvalue weighted by molar-refractivity contribution is 0.200. The number of benzene rings is 1. The van der Waals surface area contributed by atoms with Crippen molar-refractivity contribution in [2.24, 2.45) is 0 Å². The molecule has 0 aliphatic carbocycles. The van der Waals surface area contributed by atoms with E-state index < -0.39 is 0 Å². The summed E-state index contributed by atoms with van der Waals surface area (Å²) in [6.45, 7) is 7.98. The standard InChI is InChI=1S/C16H24N2OS/c1-4-5-8-17-16(19)18-9-10-20-15(18)14-7-6-12(2)11-13(14)3/h6-7,11,15H,4-5,8-10H2,1-3H3,(H,17,19). The van der Waals surface area contributed by atoms with Crippen LogP contribution in [0, 0.1) is 13.8 Å². The van der Waals surface area contributed by atoms with Crippen LogP contribution in [0.4, 0.5) is 4.79 Å². The van der Waals surface area contributed by atoms with E-state index in [0.29, 0.717) is 0 Å². The Morgan fingerprint density at radius 2 is 2.25 bits per heavy atom. The number of unbranched alkanes of at least 4 members (excludes halogenated alkanes) is 1. The molecule has 20 heavy (non-hydrogen) atoms. The first-order valence-corrected chi connectivity index (χ1v) is 8.41. The molecule has 1 fully saturated rings. The van der Waals surface area contributed by atoms with Crippen molar-refractivity contribution in [3.05, 3.63) is 34.9 Å². The van der Waals surface area contributed by atoms with Gasteiger partial charge in [-0.15, -0.1) is 11.8 Å². The molecular weight excluding hydrogens is 268 g/mol. The zero-order chi connectivity index (χ0) is 14.5. The molecule has 2 amide bonds. The Morgan fingerprint density at radius 1 is 1.45 bits per heavy atom. The Balaban J connectivity index is 2.08. The lowest BCUT2D eigenvalue weighted by Gasteiger charge is -2.25. The van der Waals surface area contributed by atoms with E-state index in [1.54, 1.807) is 0 Å². The van der Waals surface area contributed by atoms with E-state index in [1.807, 2.05) is 16.7 Å². The Bertz CT molecular complexity index is 476. The Hall–Kier alpha value is -1.16. The van der Waals surface area contributed by atoms with Crippen molar-refractivity contribution < 1.29 is 4.79 Å². The molecule has 1 aromatic carbocycles. The minimum Gasteiger partial charge on any atom is -0.338 e. The van der Waals surface area contributed by atoms with Crippen molar-refractivity contribution in [1.29, 1.82) is 0 Å². The third kappa shape index (κ3) is 3.48. The third-order valence-electron chi connectivity index (χ3n) is 3.65. The van der Waals surface area contributed by atoms with Gasteiger partial charge in [-0.1, -0.05) is 37.1 Å². The monoisotopic (exact) mass is 292 g/mol. The smallest absolute Gasteiger partial charge is 0.318 e. The van der Waals surface area contributed by atoms with Gasteiger partial charge in [-0.2, -0.15) is 0 Å². The van der Waals surface area contributed by atoms with Crippen molar-refractivity contribution >= 4 is 17.8 Å². The molecule has 1 unspecified atom stereocenters. The number of carbonyl (C=O) groups excluding carboxylic acids is 1. The van der Waals surface area contributed by atoms with E-state index in [2.05, 4.69) is 44.3 Å². The van der Waals surface area contributed by atoms with Gasteiger partial charge < -0.3 is 10.2 Å². The van der Waals surface area contributed by atoms with Crippen LogP contribution >= 0.6 is 11.8 Å². The van der Waals surface area contributed by atoms with Crippen LogP contribution in [-0.2, 0) is 0 Å². The van der Waals surface area contributed by atoms with Crippen molar-refractivity contribution in [2.45, 2.75) is 39.0 Å². The molecule has 0 saturated carbocycles. The van der Waals surface area contributed by atoms with Gasteiger partial charge in [0.2, 0.25) is 0 Å². The number of rotatable bonds is 4. The van der Waals surface area contributed by atoms with Gasteiger partial charge in [-0.05, 0) is 31.4 Å². The Morgan fingerprint density at radius 3 is 2.95 bits per heavy atom. The largest absolute Gasteiger partial charge is 0.338 e. The normalized spacial score (nSPS) is 18.4. The number of nitrogens with one attached hydrogen (secondary N) is 1. The molecular formula is C16H24N2OS. The zero-order valence-corrected chi connectivity index (χ0v) is 13.4. The van der Waals surface area contributed by atoms with Gasteiger partial charge in [-0.3, -0.25) is 0 Å². The van der Waals surface area contributed by atoms with Gasteiger partial charge in [0, 0.05) is 18.8 Å². The van der Waals surface area contributed by atoms with Crippen molar-refractivity contribution in [1.82, 2.24) is 10.2 Å². The second-order valence-corrected chi connectivity index (χ2v) is 6.55. The fraction of sp³-hybridized carbons (Fsp3) is 0.562. The highest BCUT2D eigenvalue weighted by molar-refractivity contribution is 7.99. The molecule has 0 spiro atoms. The van der Waals surface area contributed by atoms with Crippen LogP contribution in [0.15, 0.2) is 18.2 Å². The molecule has 1 aromatic rings. The topological polar surface area (TPSA) is 32.3 Å². The molecule has 1 aliphatic heterocycles. The summed E-state index contributed by atoms with van der Waals surface area (Å²) in [4.78, 5) is 14.3. The number of hydrogen-bond donors (Lipinski definition) is 1. The molecule has 3 nitrogen and oxygen atoms in total. The van der Waals surface area contributed by atoms with Crippen LogP contribution in [0.3, 0.4) is 0 Å². The fourth-order valence-electron chi connectivity index (χ4n) is 2.51. The van der Waals surface area contributed by atoms with Crippen LogP contribution in [0.1, 0.15) is 41.8 Å². The SMILES string of the molecule is CCCCNC(=O)N1CCSC1c1ccc(C)cc1C. The fourth-order valence-corrected chi connectivity index (χ4v) is 3.86. The van der Waals surface area contributed by atoms with Crippen LogP contribution < -0.4 is 5.32 Å². The summed E-state index contributed by atoms with van der Waals surface area (Å²) >= 11 is 1.86. The molecule has 1 aliphatic rings. The summed E-state index contributed by atoms with van der Waals surface area (Å²) < 4.78 is 0. The average molecular weight is 292 g/mol. The van der Waals surface area contributed by atoms with E-state index in [-0.39, 0.29) is 11.4 Å². The van der Waals surface area contributed by atoms with Crippen LogP contribution in [0.2, 0.25) is 0 Å². The van der Waals surface area contributed by atoms with Crippen LogP contribution in [-0.4, -0.2) is 29.8 Å². The maximum Gasteiger partial charge on any atom is 0.318 e. The van der Waals surface area contributed by atoms with Gasteiger partial charge in [0.15, 0.2) is 0 Å². The van der Waals surface area contributed by atoms with Crippen LogP contribution in [0.25, 0.3) is 0 Å². The van der Waals surface area contributed by atoms with Crippen molar-refractivity contribution in [2.75, 3.05) is 18.8 Å². The predicted octanol–water partition coefficient (Wildman–Crippen LogP) is 3.86.